The number of amides is 1. The van der Waals surface area contributed by atoms with Crippen molar-refractivity contribution < 1.29 is 9.53 Å². The lowest BCUT2D eigenvalue weighted by molar-refractivity contribution is -0.119. The summed E-state index contributed by atoms with van der Waals surface area (Å²) >= 11 is 2.94. The minimum absolute atomic E-state index is 0.0181. The molecule has 0 radical (unpaired) electrons. The van der Waals surface area contributed by atoms with E-state index in [9.17, 15) is 4.79 Å². The average molecular weight is 471 g/mol. The van der Waals surface area contributed by atoms with E-state index in [4.69, 9.17) is 15.5 Å². The molecule has 0 bridgehead atoms. The molecule has 8 heteroatoms. The normalized spacial score (nSPS) is 19.0. The van der Waals surface area contributed by atoms with Gasteiger partial charge in [-0.05, 0) is 44.2 Å². The molecule has 0 spiro atoms. The Kier molecular flexibility index (Phi) is 7.02. The van der Waals surface area contributed by atoms with Gasteiger partial charge in [-0.2, -0.15) is 0 Å². The third-order valence-corrected chi connectivity index (χ3v) is 7.99. The molecule has 0 aliphatic carbocycles. The third-order valence-electron chi connectivity index (χ3n) is 6.04. The minimum atomic E-state index is -0.170. The molecule has 4 rings (SSSR count). The predicted molar refractivity (Wildman–Crippen MR) is 132 cm³/mol. The number of anilines is 1. The van der Waals surface area contributed by atoms with Gasteiger partial charge in [0.25, 0.3) is 0 Å². The summed E-state index contributed by atoms with van der Waals surface area (Å²) in [6, 6.07) is 10.4. The van der Waals surface area contributed by atoms with Crippen LogP contribution in [0.1, 0.15) is 49.6 Å². The minimum Gasteiger partial charge on any atom is -0.383 e. The van der Waals surface area contributed by atoms with Gasteiger partial charge in [-0.3, -0.25) is 4.79 Å². The number of hydrogen-bond donors (Lipinski definition) is 2. The SMILES string of the molecule is CCC1(C)Cc2c(sc3nc(SCC(=O)NC(C)CCc4ccccc4)nc(N)c23)CO1. The molecule has 3 heterocycles. The monoisotopic (exact) mass is 470 g/mol. The number of thioether (sulfide) groups is 1. The standard InChI is InChI=1S/C24H30N4O2S2/c1-4-24(3)12-17-18(13-30-24)32-22-20(17)21(25)27-23(28-22)31-14-19(29)26-15(2)10-11-16-8-6-5-7-9-16/h5-9,15H,4,10-14H2,1-3H3,(H,26,29)(H2,25,27,28). The molecule has 3 N–H and O–H groups in total. The predicted octanol–water partition coefficient (Wildman–Crippen LogP) is 4.74. The molecule has 1 aliphatic rings. The van der Waals surface area contributed by atoms with Crippen molar-refractivity contribution in [2.45, 2.75) is 69.9 Å². The van der Waals surface area contributed by atoms with Crippen LogP contribution in [0.4, 0.5) is 5.82 Å². The molecule has 2 aromatic heterocycles. The highest BCUT2D eigenvalue weighted by Crippen LogP contribution is 2.41. The molecule has 0 saturated carbocycles. The van der Waals surface area contributed by atoms with E-state index in [0.29, 0.717) is 17.6 Å². The number of nitrogen functional groups attached to an aromatic ring is 1. The molecule has 32 heavy (non-hydrogen) atoms. The van der Waals surface area contributed by atoms with Crippen molar-refractivity contribution in [3.05, 3.63) is 46.3 Å². The van der Waals surface area contributed by atoms with Gasteiger partial charge in [0.15, 0.2) is 5.16 Å². The Hall–Kier alpha value is -2.16. The Labute approximate surface area is 197 Å². The van der Waals surface area contributed by atoms with Gasteiger partial charge in [-0.15, -0.1) is 11.3 Å². The van der Waals surface area contributed by atoms with E-state index in [0.717, 1.165) is 35.9 Å². The second-order valence-electron chi connectivity index (χ2n) is 8.63. The Bertz CT molecular complexity index is 1100. The maximum Gasteiger partial charge on any atom is 0.230 e. The summed E-state index contributed by atoms with van der Waals surface area (Å²) in [6.45, 7) is 6.90. The van der Waals surface area contributed by atoms with Gasteiger partial charge in [0.05, 0.1) is 23.3 Å². The largest absolute Gasteiger partial charge is 0.383 e. The van der Waals surface area contributed by atoms with E-state index >= 15 is 0 Å². The Morgan fingerprint density at radius 1 is 1.34 bits per heavy atom. The molecular weight excluding hydrogens is 440 g/mol. The van der Waals surface area contributed by atoms with Crippen molar-refractivity contribution >= 4 is 45.0 Å². The van der Waals surface area contributed by atoms with Gasteiger partial charge in [0.1, 0.15) is 10.6 Å². The average Bonchev–Trinajstić information content (AvgIpc) is 3.14. The number of hydrogen-bond acceptors (Lipinski definition) is 7. The van der Waals surface area contributed by atoms with Crippen LogP contribution in [0.15, 0.2) is 35.5 Å². The topological polar surface area (TPSA) is 90.1 Å². The summed E-state index contributed by atoms with van der Waals surface area (Å²) in [5.74, 6) is 0.741. The fourth-order valence-electron chi connectivity index (χ4n) is 3.92. The number of ether oxygens (including phenoxy) is 1. The highest BCUT2D eigenvalue weighted by atomic mass is 32.2. The van der Waals surface area contributed by atoms with E-state index in [1.165, 1.54) is 27.8 Å². The number of nitrogens with zero attached hydrogens (tertiary/aromatic N) is 2. The van der Waals surface area contributed by atoms with Gasteiger partial charge in [-0.1, -0.05) is 49.0 Å². The summed E-state index contributed by atoms with van der Waals surface area (Å²) in [7, 11) is 0. The van der Waals surface area contributed by atoms with Crippen molar-refractivity contribution in [1.82, 2.24) is 15.3 Å². The third kappa shape index (κ3) is 5.24. The molecule has 1 aliphatic heterocycles. The maximum absolute atomic E-state index is 12.4. The first-order chi connectivity index (χ1) is 15.4. The molecule has 1 aromatic carbocycles. The van der Waals surface area contributed by atoms with E-state index in [2.05, 4.69) is 36.3 Å². The van der Waals surface area contributed by atoms with Crippen LogP contribution in [0.25, 0.3) is 10.2 Å². The van der Waals surface area contributed by atoms with Crippen LogP contribution in [0, 0.1) is 0 Å². The first kappa shape index (κ1) is 23.0. The highest BCUT2D eigenvalue weighted by molar-refractivity contribution is 7.99. The van der Waals surface area contributed by atoms with Crippen molar-refractivity contribution in [1.29, 1.82) is 0 Å². The van der Waals surface area contributed by atoms with Gasteiger partial charge < -0.3 is 15.8 Å². The van der Waals surface area contributed by atoms with Crippen LogP contribution in [0.5, 0.6) is 0 Å². The number of aryl methyl sites for hydroxylation is 1. The van der Waals surface area contributed by atoms with Crippen LogP contribution in [0.3, 0.4) is 0 Å². The molecule has 2 unspecified atom stereocenters. The van der Waals surface area contributed by atoms with Gasteiger partial charge >= 0.3 is 0 Å². The summed E-state index contributed by atoms with van der Waals surface area (Å²) < 4.78 is 6.07. The first-order valence-electron chi connectivity index (χ1n) is 11.0. The van der Waals surface area contributed by atoms with E-state index in [1.807, 2.05) is 25.1 Å². The Morgan fingerprint density at radius 3 is 2.88 bits per heavy atom. The molecule has 170 valence electrons. The zero-order chi connectivity index (χ0) is 22.7. The maximum atomic E-state index is 12.4. The zero-order valence-corrected chi connectivity index (χ0v) is 20.4. The number of fused-ring (bicyclic) bond motifs is 3. The second kappa shape index (κ2) is 9.77. The number of rotatable bonds is 8. The van der Waals surface area contributed by atoms with Crippen LogP contribution < -0.4 is 11.1 Å². The summed E-state index contributed by atoms with van der Waals surface area (Å²) in [4.78, 5) is 23.7. The number of nitrogens with one attached hydrogen (secondary N) is 1. The van der Waals surface area contributed by atoms with Crippen molar-refractivity contribution in [3.8, 4) is 0 Å². The summed E-state index contributed by atoms with van der Waals surface area (Å²) in [6.07, 6.45) is 3.60. The zero-order valence-electron chi connectivity index (χ0n) is 18.8. The fourth-order valence-corrected chi connectivity index (χ4v) is 5.75. The van der Waals surface area contributed by atoms with Crippen LogP contribution in [0.2, 0.25) is 0 Å². The van der Waals surface area contributed by atoms with E-state index < -0.39 is 0 Å². The molecule has 1 amide bonds. The highest BCUT2D eigenvalue weighted by Gasteiger charge is 2.33. The lowest BCUT2D eigenvalue weighted by atomic mass is 9.90. The molecule has 3 aromatic rings. The van der Waals surface area contributed by atoms with Crippen molar-refractivity contribution in [2.75, 3.05) is 11.5 Å². The molecule has 0 fully saturated rings. The molecule has 0 saturated heterocycles. The van der Waals surface area contributed by atoms with E-state index in [-0.39, 0.29) is 23.3 Å². The Morgan fingerprint density at radius 2 is 2.12 bits per heavy atom. The molecule has 2 atom stereocenters. The number of thiophene rings is 1. The number of benzene rings is 1. The fraction of sp³-hybridized carbons (Fsp3) is 0.458. The lowest BCUT2D eigenvalue weighted by Gasteiger charge is -2.33. The Balaban J connectivity index is 1.36. The van der Waals surface area contributed by atoms with Gasteiger partial charge in [-0.25, -0.2) is 9.97 Å². The van der Waals surface area contributed by atoms with Crippen LogP contribution in [-0.4, -0.2) is 33.3 Å². The van der Waals surface area contributed by atoms with Crippen LogP contribution >= 0.6 is 23.1 Å². The van der Waals surface area contributed by atoms with Gasteiger partial charge in [0.2, 0.25) is 5.91 Å². The number of carbonyl (C=O) groups excluding carboxylic acids is 1. The number of carbonyl (C=O) groups is 1. The number of nitrogens with two attached hydrogens (primary N) is 1. The van der Waals surface area contributed by atoms with Crippen LogP contribution in [-0.2, 0) is 29.0 Å². The number of aromatic nitrogens is 2. The smallest absolute Gasteiger partial charge is 0.230 e. The lowest BCUT2D eigenvalue weighted by Crippen LogP contribution is -2.34. The quantitative estimate of drug-likeness (QED) is 0.365. The molecule has 6 nitrogen and oxygen atoms in total. The molecular formula is C24H30N4O2S2. The van der Waals surface area contributed by atoms with Gasteiger partial charge in [0, 0.05) is 17.3 Å². The van der Waals surface area contributed by atoms with E-state index in [1.54, 1.807) is 11.3 Å². The first-order valence-corrected chi connectivity index (χ1v) is 12.8. The second-order valence-corrected chi connectivity index (χ2v) is 10.7. The van der Waals surface area contributed by atoms with Crippen molar-refractivity contribution in [3.63, 3.8) is 0 Å². The van der Waals surface area contributed by atoms with Crippen molar-refractivity contribution in [2.24, 2.45) is 0 Å². The summed E-state index contributed by atoms with van der Waals surface area (Å²) in [5, 5.41) is 4.56. The summed E-state index contributed by atoms with van der Waals surface area (Å²) in [5.41, 5.74) is 8.67.